The first-order chi connectivity index (χ1) is 31.0. The van der Waals surface area contributed by atoms with Crippen LogP contribution in [0.1, 0.15) is 316 Å². The summed E-state index contributed by atoms with van der Waals surface area (Å²) in [6.45, 7) is 4.94. The zero-order valence-electron chi connectivity index (χ0n) is 42.6. The summed E-state index contributed by atoms with van der Waals surface area (Å²) in [5.41, 5.74) is 0. The SMILES string of the molecule is CCCCCCCC/C=C\CCCCCCCCCCCC(=O)OCCCCCCCCCCCCCCCCC(=O)NC(CO)C(O)CCCCCCCCCCCCCCC. The fourth-order valence-corrected chi connectivity index (χ4v) is 8.93. The Bertz CT molecular complexity index is 939. The molecule has 0 aliphatic rings. The number of allylic oxidation sites excluding steroid dienone is 2. The Kier molecular flexibility index (Phi) is 52.0. The summed E-state index contributed by atoms with van der Waals surface area (Å²) < 4.78 is 5.49. The number of esters is 1. The van der Waals surface area contributed by atoms with Crippen molar-refractivity contribution in [2.75, 3.05) is 13.2 Å². The zero-order chi connectivity index (χ0) is 45.8. The van der Waals surface area contributed by atoms with E-state index in [0.717, 1.165) is 51.4 Å². The lowest BCUT2D eigenvalue weighted by molar-refractivity contribution is -0.143. The minimum absolute atomic E-state index is 0.00206. The molecule has 0 aromatic carbocycles. The third-order valence-corrected chi connectivity index (χ3v) is 13.3. The number of ether oxygens (including phenoxy) is 1. The van der Waals surface area contributed by atoms with Gasteiger partial charge in [-0.15, -0.1) is 0 Å². The van der Waals surface area contributed by atoms with E-state index >= 15 is 0 Å². The van der Waals surface area contributed by atoms with Crippen molar-refractivity contribution >= 4 is 11.9 Å². The summed E-state index contributed by atoms with van der Waals surface area (Å²) >= 11 is 0. The van der Waals surface area contributed by atoms with Crippen LogP contribution in [-0.4, -0.2) is 47.4 Å². The Morgan fingerprint density at radius 2 is 0.746 bits per heavy atom. The summed E-state index contributed by atoms with van der Waals surface area (Å²) in [5, 5.41) is 23.2. The van der Waals surface area contributed by atoms with Crippen LogP contribution in [0.15, 0.2) is 12.2 Å². The van der Waals surface area contributed by atoms with Crippen molar-refractivity contribution in [3.05, 3.63) is 12.2 Å². The average molecular weight is 891 g/mol. The maximum Gasteiger partial charge on any atom is 0.305 e. The molecule has 374 valence electrons. The normalized spacial score (nSPS) is 12.6. The van der Waals surface area contributed by atoms with Crippen molar-refractivity contribution in [2.45, 2.75) is 328 Å². The highest BCUT2D eigenvalue weighted by molar-refractivity contribution is 5.76. The number of hydrogen-bond donors (Lipinski definition) is 3. The van der Waals surface area contributed by atoms with Gasteiger partial charge in [-0.05, 0) is 51.4 Å². The Hall–Kier alpha value is -1.40. The Morgan fingerprint density at radius 1 is 0.429 bits per heavy atom. The van der Waals surface area contributed by atoms with E-state index in [1.807, 2.05) is 0 Å². The lowest BCUT2D eigenvalue weighted by atomic mass is 10.0. The number of aliphatic hydroxyl groups is 2. The average Bonchev–Trinajstić information content (AvgIpc) is 3.28. The van der Waals surface area contributed by atoms with Gasteiger partial charge < -0.3 is 20.3 Å². The molecule has 2 unspecified atom stereocenters. The molecule has 0 heterocycles. The van der Waals surface area contributed by atoms with Crippen LogP contribution in [0.25, 0.3) is 0 Å². The van der Waals surface area contributed by atoms with Crippen molar-refractivity contribution in [3.8, 4) is 0 Å². The van der Waals surface area contributed by atoms with Crippen LogP contribution in [0, 0.1) is 0 Å². The van der Waals surface area contributed by atoms with Gasteiger partial charge in [-0.2, -0.15) is 0 Å². The predicted molar refractivity (Wildman–Crippen MR) is 273 cm³/mol. The molecule has 6 nitrogen and oxygen atoms in total. The second kappa shape index (κ2) is 53.2. The standard InChI is InChI=1S/C57H111NO5/c1-3-5-7-9-11-13-15-17-18-19-20-21-22-27-31-35-39-43-47-51-57(62)63-52-48-44-40-36-32-28-24-23-26-30-34-38-42-46-50-56(61)58-54(53-59)55(60)49-45-41-37-33-29-25-16-14-12-10-8-6-4-2/h17-18,54-55,59-60H,3-16,19-53H2,1-2H3,(H,58,61)/b18-17-. The molecule has 0 fully saturated rings. The van der Waals surface area contributed by atoms with Crippen molar-refractivity contribution < 1.29 is 24.5 Å². The third-order valence-electron chi connectivity index (χ3n) is 13.3. The van der Waals surface area contributed by atoms with Crippen molar-refractivity contribution in [3.63, 3.8) is 0 Å². The van der Waals surface area contributed by atoms with E-state index in [-0.39, 0.29) is 18.5 Å². The summed E-state index contributed by atoms with van der Waals surface area (Å²) in [4.78, 5) is 24.5. The van der Waals surface area contributed by atoms with E-state index in [4.69, 9.17) is 4.74 Å². The molecule has 0 aliphatic carbocycles. The van der Waals surface area contributed by atoms with Gasteiger partial charge in [0.2, 0.25) is 5.91 Å². The number of aliphatic hydroxyl groups excluding tert-OH is 2. The molecule has 0 aliphatic heterocycles. The largest absolute Gasteiger partial charge is 0.466 e. The van der Waals surface area contributed by atoms with E-state index in [2.05, 4.69) is 31.3 Å². The van der Waals surface area contributed by atoms with Crippen molar-refractivity contribution in [1.29, 1.82) is 0 Å². The fraction of sp³-hybridized carbons (Fsp3) is 0.930. The number of rotatable bonds is 53. The smallest absolute Gasteiger partial charge is 0.305 e. The molecule has 0 aromatic rings. The Labute approximate surface area is 393 Å². The van der Waals surface area contributed by atoms with Gasteiger partial charge in [-0.25, -0.2) is 0 Å². The maximum absolute atomic E-state index is 12.4. The molecule has 0 aromatic heterocycles. The number of amides is 1. The first kappa shape index (κ1) is 61.6. The number of carbonyl (C=O) groups is 2. The molecule has 0 radical (unpaired) electrons. The number of hydrogen-bond acceptors (Lipinski definition) is 5. The first-order valence-corrected chi connectivity index (χ1v) is 28.4. The van der Waals surface area contributed by atoms with Gasteiger partial charge in [-0.3, -0.25) is 9.59 Å². The van der Waals surface area contributed by atoms with Gasteiger partial charge in [0.15, 0.2) is 0 Å². The topological polar surface area (TPSA) is 95.9 Å². The van der Waals surface area contributed by atoms with Gasteiger partial charge in [-0.1, -0.05) is 264 Å². The van der Waals surface area contributed by atoms with Gasteiger partial charge in [0.25, 0.3) is 0 Å². The van der Waals surface area contributed by atoms with Crippen molar-refractivity contribution in [1.82, 2.24) is 5.32 Å². The molecule has 0 rings (SSSR count). The highest BCUT2D eigenvalue weighted by Crippen LogP contribution is 2.17. The predicted octanol–water partition coefficient (Wildman–Crippen LogP) is 17.3. The van der Waals surface area contributed by atoms with Crippen LogP contribution in [0.3, 0.4) is 0 Å². The highest BCUT2D eigenvalue weighted by atomic mass is 16.5. The summed E-state index contributed by atoms with van der Waals surface area (Å²) in [5.74, 6) is -0.0464. The lowest BCUT2D eigenvalue weighted by Crippen LogP contribution is -2.45. The highest BCUT2D eigenvalue weighted by Gasteiger charge is 2.20. The minimum atomic E-state index is -0.670. The maximum atomic E-state index is 12.4. The molecular formula is C57H111NO5. The van der Waals surface area contributed by atoms with Crippen molar-refractivity contribution in [2.24, 2.45) is 0 Å². The van der Waals surface area contributed by atoms with E-state index in [0.29, 0.717) is 25.9 Å². The van der Waals surface area contributed by atoms with E-state index in [9.17, 15) is 19.8 Å². The molecule has 0 saturated heterocycles. The molecule has 1 amide bonds. The number of unbranched alkanes of at least 4 members (excludes halogenated alkanes) is 40. The fourth-order valence-electron chi connectivity index (χ4n) is 8.93. The Morgan fingerprint density at radius 3 is 1.13 bits per heavy atom. The van der Waals surface area contributed by atoms with Crippen LogP contribution in [-0.2, 0) is 14.3 Å². The van der Waals surface area contributed by atoms with Crippen LogP contribution in [0.2, 0.25) is 0 Å². The molecule has 63 heavy (non-hydrogen) atoms. The molecule has 3 N–H and O–H groups in total. The first-order valence-electron chi connectivity index (χ1n) is 28.4. The van der Waals surface area contributed by atoms with Gasteiger partial charge in [0.1, 0.15) is 0 Å². The number of carbonyl (C=O) groups excluding carboxylic acids is 2. The minimum Gasteiger partial charge on any atom is -0.466 e. The van der Waals surface area contributed by atoms with Gasteiger partial charge in [0.05, 0.1) is 25.4 Å². The summed E-state index contributed by atoms with van der Waals surface area (Å²) in [6.07, 6.45) is 61.9. The van der Waals surface area contributed by atoms with Crippen LogP contribution in [0.5, 0.6) is 0 Å². The molecule has 0 bridgehead atoms. The monoisotopic (exact) mass is 890 g/mol. The molecule has 0 spiro atoms. The Balaban J connectivity index is 3.40. The molecule has 0 saturated carbocycles. The van der Waals surface area contributed by atoms with E-state index in [1.54, 1.807) is 0 Å². The zero-order valence-corrected chi connectivity index (χ0v) is 42.6. The van der Waals surface area contributed by atoms with Gasteiger partial charge in [0, 0.05) is 12.8 Å². The quantitative estimate of drug-likeness (QED) is 0.0321. The summed E-state index contributed by atoms with van der Waals surface area (Å²) in [6, 6.07) is -0.548. The van der Waals surface area contributed by atoms with Crippen LogP contribution >= 0.6 is 0 Å². The van der Waals surface area contributed by atoms with E-state index in [1.165, 1.54) is 231 Å². The summed E-state index contributed by atoms with van der Waals surface area (Å²) in [7, 11) is 0. The molecular weight excluding hydrogens is 779 g/mol. The molecule has 6 heteroatoms. The van der Waals surface area contributed by atoms with E-state index < -0.39 is 12.1 Å². The lowest BCUT2D eigenvalue weighted by Gasteiger charge is -2.22. The second-order valence-electron chi connectivity index (χ2n) is 19.6. The van der Waals surface area contributed by atoms with Gasteiger partial charge >= 0.3 is 5.97 Å². The number of nitrogens with one attached hydrogen (secondary N) is 1. The third kappa shape index (κ3) is 49.9. The van der Waals surface area contributed by atoms with Crippen LogP contribution < -0.4 is 5.32 Å². The van der Waals surface area contributed by atoms with Crippen LogP contribution in [0.4, 0.5) is 0 Å². The second-order valence-corrected chi connectivity index (χ2v) is 19.6. The molecule has 2 atom stereocenters.